The predicted octanol–water partition coefficient (Wildman–Crippen LogP) is 3.22. The number of anilines is 1. The van der Waals surface area contributed by atoms with Crippen LogP contribution in [0.1, 0.15) is 22.8 Å². The Morgan fingerprint density at radius 1 is 1.03 bits per heavy atom. The molecular weight excluding hydrogens is 418 g/mol. The van der Waals surface area contributed by atoms with Gasteiger partial charge in [-0.15, -0.1) is 0 Å². The van der Waals surface area contributed by atoms with Crippen LogP contribution in [0.4, 0.5) is 5.69 Å². The van der Waals surface area contributed by atoms with E-state index in [0.29, 0.717) is 36.0 Å². The number of methoxy groups -OCH3 is 1. The van der Waals surface area contributed by atoms with Crippen LogP contribution in [0.2, 0.25) is 0 Å². The fraction of sp³-hybridized carbons (Fsp3) is 0.182. The highest BCUT2D eigenvalue weighted by Gasteiger charge is 2.15. The van der Waals surface area contributed by atoms with Crippen LogP contribution < -0.4 is 19.5 Å². The summed E-state index contributed by atoms with van der Waals surface area (Å²) in [4.78, 5) is 16.5. The number of carbonyl (C=O) groups is 1. The predicted molar refractivity (Wildman–Crippen MR) is 117 cm³/mol. The summed E-state index contributed by atoms with van der Waals surface area (Å²) in [6.45, 7) is 2.66. The number of sulfonamides is 1. The molecular formula is C22H23N3O5S. The minimum atomic E-state index is -3.75. The Labute approximate surface area is 181 Å². The van der Waals surface area contributed by atoms with Crippen LogP contribution in [-0.4, -0.2) is 33.0 Å². The number of pyridine rings is 1. The number of nitrogens with zero attached hydrogens (tertiary/aromatic N) is 1. The number of amides is 1. The highest BCUT2D eigenvalue weighted by Crippen LogP contribution is 2.20. The Hall–Kier alpha value is -3.59. The van der Waals surface area contributed by atoms with Crippen molar-refractivity contribution in [3.63, 3.8) is 0 Å². The van der Waals surface area contributed by atoms with Gasteiger partial charge in [0.05, 0.1) is 18.6 Å². The normalized spacial score (nSPS) is 10.9. The molecule has 0 bridgehead atoms. The first kappa shape index (κ1) is 22.1. The maximum absolute atomic E-state index is 12.6. The van der Waals surface area contributed by atoms with Gasteiger partial charge in [0, 0.05) is 30.1 Å². The Morgan fingerprint density at radius 3 is 2.39 bits per heavy atom. The smallest absolute Gasteiger partial charge is 0.261 e. The van der Waals surface area contributed by atoms with E-state index in [1.807, 2.05) is 6.92 Å². The third-order valence-electron chi connectivity index (χ3n) is 4.31. The molecule has 3 aromatic rings. The minimum Gasteiger partial charge on any atom is -0.494 e. The van der Waals surface area contributed by atoms with E-state index in [1.54, 1.807) is 42.6 Å². The lowest BCUT2D eigenvalue weighted by Gasteiger charge is -2.10. The molecule has 0 aliphatic heterocycles. The first-order chi connectivity index (χ1) is 14.9. The average molecular weight is 442 g/mol. The summed E-state index contributed by atoms with van der Waals surface area (Å²) >= 11 is 0. The van der Waals surface area contributed by atoms with Gasteiger partial charge < -0.3 is 14.8 Å². The third-order valence-corrected chi connectivity index (χ3v) is 5.70. The standard InChI is InChI=1S/C22H23N3O5S/c1-3-30-19-8-10-20(11-9-19)31(27,28)25-18-6-4-17(5-7-18)22(26)24-15-16-12-13-23-21(14-16)29-2/h4-14,25H,3,15H2,1-2H3,(H,24,26). The Kier molecular flexibility index (Phi) is 7.09. The van der Waals surface area contributed by atoms with Crippen LogP contribution in [0.25, 0.3) is 0 Å². The van der Waals surface area contributed by atoms with Gasteiger partial charge in [0.1, 0.15) is 5.75 Å². The van der Waals surface area contributed by atoms with Crippen molar-refractivity contribution in [3.05, 3.63) is 78.0 Å². The van der Waals surface area contributed by atoms with E-state index in [-0.39, 0.29) is 10.8 Å². The van der Waals surface area contributed by atoms with Crippen molar-refractivity contribution in [2.75, 3.05) is 18.4 Å². The molecule has 1 aromatic heterocycles. The van der Waals surface area contributed by atoms with Crippen LogP contribution in [0.3, 0.4) is 0 Å². The van der Waals surface area contributed by atoms with Crippen molar-refractivity contribution in [3.8, 4) is 11.6 Å². The monoisotopic (exact) mass is 441 g/mol. The van der Waals surface area contributed by atoms with Crippen molar-refractivity contribution >= 4 is 21.6 Å². The zero-order valence-corrected chi connectivity index (χ0v) is 18.0. The summed E-state index contributed by atoms with van der Waals surface area (Å²) in [7, 11) is -2.23. The maximum atomic E-state index is 12.6. The number of ether oxygens (including phenoxy) is 2. The van der Waals surface area contributed by atoms with Crippen LogP contribution >= 0.6 is 0 Å². The molecule has 0 atom stereocenters. The number of hydrogen-bond donors (Lipinski definition) is 2. The number of nitrogens with one attached hydrogen (secondary N) is 2. The van der Waals surface area contributed by atoms with E-state index in [1.165, 1.54) is 31.4 Å². The molecule has 0 unspecified atom stereocenters. The molecule has 8 nitrogen and oxygen atoms in total. The van der Waals surface area contributed by atoms with E-state index in [9.17, 15) is 13.2 Å². The zero-order chi connectivity index (χ0) is 22.3. The Bertz CT molecular complexity index is 1130. The number of rotatable bonds is 9. The molecule has 1 heterocycles. The van der Waals surface area contributed by atoms with Crippen LogP contribution in [0.15, 0.2) is 71.8 Å². The van der Waals surface area contributed by atoms with Crippen molar-refractivity contribution in [2.24, 2.45) is 0 Å². The fourth-order valence-corrected chi connectivity index (χ4v) is 3.80. The molecule has 3 rings (SSSR count). The molecule has 1 amide bonds. The second kappa shape index (κ2) is 9.94. The van der Waals surface area contributed by atoms with Crippen molar-refractivity contribution in [1.29, 1.82) is 0 Å². The van der Waals surface area contributed by atoms with E-state index in [4.69, 9.17) is 9.47 Å². The van der Waals surface area contributed by atoms with Gasteiger partial charge in [-0.1, -0.05) is 0 Å². The largest absolute Gasteiger partial charge is 0.494 e. The molecule has 0 spiro atoms. The zero-order valence-electron chi connectivity index (χ0n) is 17.2. The van der Waals surface area contributed by atoms with Gasteiger partial charge in [0.15, 0.2) is 0 Å². The Morgan fingerprint density at radius 2 is 1.74 bits per heavy atom. The molecule has 9 heteroatoms. The maximum Gasteiger partial charge on any atom is 0.261 e. The summed E-state index contributed by atoms with van der Waals surface area (Å²) in [6.07, 6.45) is 1.60. The van der Waals surface area contributed by atoms with E-state index >= 15 is 0 Å². The summed E-state index contributed by atoms with van der Waals surface area (Å²) in [5.41, 5.74) is 1.61. The van der Waals surface area contributed by atoms with Gasteiger partial charge in [-0.05, 0) is 67.1 Å². The van der Waals surface area contributed by atoms with E-state index in [0.717, 1.165) is 5.56 Å². The lowest BCUT2D eigenvalue weighted by Crippen LogP contribution is -2.22. The van der Waals surface area contributed by atoms with Crippen molar-refractivity contribution in [1.82, 2.24) is 10.3 Å². The number of carbonyl (C=O) groups excluding carboxylic acids is 1. The molecule has 0 saturated carbocycles. The molecule has 0 saturated heterocycles. The minimum absolute atomic E-state index is 0.116. The lowest BCUT2D eigenvalue weighted by atomic mass is 10.2. The summed E-state index contributed by atoms with van der Waals surface area (Å²) in [5, 5.41) is 2.80. The molecule has 162 valence electrons. The third kappa shape index (κ3) is 5.95. The highest BCUT2D eigenvalue weighted by atomic mass is 32.2. The van der Waals surface area contributed by atoms with E-state index < -0.39 is 10.0 Å². The summed E-state index contributed by atoms with van der Waals surface area (Å²) < 4.78 is 38.0. The second-order valence-corrected chi connectivity index (χ2v) is 8.16. The first-order valence-electron chi connectivity index (χ1n) is 9.54. The van der Waals surface area contributed by atoms with Crippen LogP contribution in [-0.2, 0) is 16.6 Å². The number of hydrogen-bond acceptors (Lipinski definition) is 6. The Balaban J connectivity index is 1.61. The van der Waals surface area contributed by atoms with Gasteiger partial charge in [-0.25, -0.2) is 13.4 Å². The summed E-state index contributed by atoms with van der Waals surface area (Å²) in [5.74, 6) is 0.787. The van der Waals surface area contributed by atoms with Gasteiger partial charge in [-0.2, -0.15) is 0 Å². The molecule has 0 aliphatic carbocycles. The molecule has 0 radical (unpaired) electrons. The SMILES string of the molecule is CCOc1ccc(S(=O)(=O)Nc2ccc(C(=O)NCc3ccnc(OC)c3)cc2)cc1. The quantitative estimate of drug-likeness (QED) is 0.528. The van der Waals surface area contributed by atoms with Crippen LogP contribution in [0, 0.1) is 0 Å². The molecule has 31 heavy (non-hydrogen) atoms. The van der Waals surface area contributed by atoms with E-state index in [2.05, 4.69) is 15.0 Å². The summed E-state index contributed by atoms with van der Waals surface area (Å²) in [6, 6.07) is 15.9. The first-order valence-corrected chi connectivity index (χ1v) is 11.0. The van der Waals surface area contributed by atoms with Gasteiger partial charge in [0.25, 0.3) is 15.9 Å². The van der Waals surface area contributed by atoms with Gasteiger partial charge in [-0.3, -0.25) is 9.52 Å². The number of benzene rings is 2. The van der Waals surface area contributed by atoms with Crippen LogP contribution in [0.5, 0.6) is 11.6 Å². The number of aromatic nitrogens is 1. The lowest BCUT2D eigenvalue weighted by molar-refractivity contribution is 0.0951. The fourth-order valence-electron chi connectivity index (χ4n) is 2.74. The van der Waals surface area contributed by atoms with Gasteiger partial charge >= 0.3 is 0 Å². The molecule has 2 N–H and O–H groups in total. The topological polar surface area (TPSA) is 107 Å². The molecule has 2 aromatic carbocycles. The molecule has 0 fully saturated rings. The average Bonchev–Trinajstić information content (AvgIpc) is 2.78. The van der Waals surface area contributed by atoms with Crippen molar-refractivity contribution in [2.45, 2.75) is 18.4 Å². The highest BCUT2D eigenvalue weighted by molar-refractivity contribution is 7.92. The molecule has 0 aliphatic rings. The van der Waals surface area contributed by atoms with Gasteiger partial charge in [0.2, 0.25) is 5.88 Å². The van der Waals surface area contributed by atoms with Crippen molar-refractivity contribution < 1.29 is 22.7 Å². The second-order valence-electron chi connectivity index (χ2n) is 6.48.